The van der Waals surface area contributed by atoms with Gasteiger partial charge < -0.3 is 4.74 Å². The molecule has 17 heavy (non-hydrogen) atoms. The first-order valence-electron chi connectivity index (χ1n) is 6.52. The average Bonchev–Trinajstić information content (AvgIpc) is 2.40. The van der Waals surface area contributed by atoms with Gasteiger partial charge in [-0.2, -0.15) is 0 Å². The van der Waals surface area contributed by atoms with Gasteiger partial charge in [-0.15, -0.1) is 5.47 Å². The number of hydrogen-bond donors (Lipinski definition) is 0. The van der Waals surface area contributed by atoms with E-state index in [2.05, 4.69) is 26.0 Å². The Morgan fingerprint density at radius 2 is 2.06 bits per heavy atom. The number of ether oxygens (including phenoxy) is 1. The third-order valence-corrected chi connectivity index (χ3v) is 4.31. The van der Waals surface area contributed by atoms with Gasteiger partial charge in [-0.05, 0) is 31.3 Å². The molecule has 0 amide bonds. The number of nitrogens with zero attached hydrogens (tertiary/aromatic N) is 1. The first-order valence-corrected chi connectivity index (χ1v) is 6.52. The Kier molecular flexibility index (Phi) is 3.79. The van der Waals surface area contributed by atoms with Crippen molar-refractivity contribution in [3.63, 3.8) is 0 Å². The van der Waals surface area contributed by atoms with Crippen molar-refractivity contribution in [2.24, 2.45) is 0 Å². The first-order chi connectivity index (χ1) is 8.20. The lowest BCUT2D eigenvalue weighted by Crippen LogP contribution is -2.40. The molecule has 0 radical (unpaired) electrons. The van der Waals surface area contributed by atoms with E-state index in [1.165, 1.54) is 11.0 Å². The summed E-state index contributed by atoms with van der Waals surface area (Å²) in [6, 6.07) is 0. The molecule has 0 saturated carbocycles. The van der Waals surface area contributed by atoms with E-state index in [4.69, 9.17) is 10.00 Å². The van der Waals surface area contributed by atoms with Crippen molar-refractivity contribution < 1.29 is 4.74 Å². The Hall–Kier alpha value is -0.940. The normalized spacial score (nSPS) is 23.6. The molecule has 0 bridgehead atoms. The van der Waals surface area contributed by atoms with Crippen LogP contribution in [-0.2, 0) is 4.74 Å². The Bertz CT molecular complexity index is 387. The topological polar surface area (TPSA) is 33.0 Å². The largest absolute Gasteiger partial charge is 0.374 e. The van der Waals surface area contributed by atoms with Crippen LogP contribution in [0.3, 0.4) is 0 Å². The maximum absolute atomic E-state index is 8.96. The second-order valence-electron chi connectivity index (χ2n) is 5.31. The summed E-state index contributed by atoms with van der Waals surface area (Å²) in [6.07, 6.45) is 10.7. The fraction of sp³-hybridized carbons (Fsp3) is 0.615. The van der Waals surface area contributed by atoms with E-state index in [9.17, 15) is 0 Å². The number of rotatable bonds is 2. The summed E-state index contributed by atoms with van der Waals surface area (Å²) in [6.45, 7) is 0.236. The Labute approximate surface area is 105 Å². The van der Waals surface area contributed by atoms with Crippen LogP contribution < -0.4 is 0 Å². The molecule has 0 aromatic carbocycles. The van der Waals surface area contributed by atoms with E-state index in [-0.39, 0.29) is 12.3 Å². The lowest BCUT2D eigenvalue weighted by Gasteiger charge is -2.40. The van der Waals surface area contributed by atoms with Gasteiger partial charge in [0.05, 0.1) is 5.60 Å². The van der Waals surface area contributed by atoms with Gasteiger partial charge in [-0.25, -0.2) is 5.26 Å². The van der Waals surface area contributed by atoms with Crippen molar-refractivity contribution in [3.8, 4) is 5.97 Å². The van der Waals surface area contributed by atoms with Crippen molar-refractivity contribution in [3.05, 3.63) is 23.2 Å². The van der Waals surface area contributed by atoms with Gasteiger partial charge in [0.25, 0.3) is 6.71 Å². The highest BCUT2D eigenvalue weighted by Gasteiger charge is 2.39. The van der Waals surface area contributed by atoms with Crippen molar-refractivity contribution in [1.82, 2.24) is 0 Å². The van der Waals surface area contributed by atoms with Crippen LogP contribution in [0, 0.1) is 11.2 Å². The smallest absolute Gasteiger partial charge is 0.268 e. The van der Waals surface area contributed by atoms with E-state index in [0.717, 1.165) is 38.3 Å². The molecule has 0 aromatic heterocycles. The molecule has 1 aliphatic heterocycles. The van der Waals surface area contributed by atoms with Crippen LogP contribution in [0.5, 0.6) is 0 Å². The highest BCUT2D eigenvalue weighted by Crippen LogP contribution is 2.40. The van der Waals surface area contributed by atoms with Crippen LogP contribution in [0.1, 0.15) is 25.7 Å². The predicted molar refractivity (Wildman–Crippen MR) is 73.9 cm³/mol. The lowest BCUT2D eigenvalue weighted by molar-refractivity contribution is 0.00907. The van der Waals surface area contributed by atoms with E-state index in [1.54, 1.807) is 0 Å². The summed E-state index contributed by atoms with van der Waals surface area (Å²) in [5.41, 5.74) is 2.80. The zero-order valence-electron chi connectivity index (χ0n) is 10.8. The van der Waals surface area contributed by atoms with Crippen LogP contribution in [-0.4, -0.2) is 27.3 Å². The Balaban J connectivity index is 2.14. The molecule has 0 spiro atoms. The summed E-state index contributed by atoms with van der Waals surface area (Å²) in [7, 11) is 4.00. The molecule has 88 valence electrons. The van der Waals surface area contributed by atoms with Gasteiger partial charge >= 0.3 is 0 Å². The maximum atomic E-state index is 8.96. The van der Waals surface area contributed by atoms with Crippen molar-refractivity contribution in [1.29, 1.82) is 5.26 Å². The first kappa shape index (κ1) is 12.5. The maximum Gasteiger partial charge on any atom is 0.268 e. The molecule has 1 saturated heterocycles. The SMILES string of the molecule is BC1=CC=C(C2(OC)CCB(C#N)CC2)CC1. The van der Waals surface area contributed by atoms with Crippen LogP contribution in [0.4, 0.5) is 0 Å². The van der Waals surface area contributed by atoms with E-state index >= 15 is 0 Å². The van der Waals surface area contributed by atoms with Crippen LogP contribution in [0.2, 0.25) is 12.6 Å². The summed E-state index contributed by atoms with van der Waals surface area (Å²) < 4.78 is 5.84. The lowest BCUT2D eigenvalue weighted by atomic mass is 9.40. The Morgan fingerprint density at radius 3 is 2.53 bits per heavy atom. The van der Waals surface area contributed by atoms with Gasteiger partial charge in [0, 0.05) is 13.1 Å². The molecule has 1 heterocycles. The predicted octanol–water partition coefficient (Wildman–Crippen LogP) is 1.96. The zero-order chi connectivity index (χ0) is 12.3. The minimum absolute atomic E-state index is 0.0788. The van der Waals surface area contributed by atoms with E-state index in [0.29, 0.717) is 0 Å². The molecule has 1 fully saturated rings. The van der Waals surface area contributed by atoms with Gasteiger partial charge in [-0.3, -0.25) is 0 Å². The average molecular weight is 227 g/mol. The highest BCUT2D eigenvalue weighted by molar-refractivity contribution is 6.67. The summed E-state index contributed by atoms with van der Waals surface area (Å²) in [4.78, 5) is 0. The third kappa shape index (κ3) is 2.50. The Morgan fingerprint density at radius 1 is 1.35 bits per heavy atom. The van der Waals surface area contributed by atoms with E-state index in [1.807, 2.05) is 7.11 Å². The molecule has 2 rings (SSSR count). The summed E-state index contributed by atoms with van der Waals surface area (Å²) >= 11 is 0. The zero-order valence-corrected chi connectivity index (χ0v) is 10.8. The van der Waals surface area contributed by atoms with Crippen LogP contribution >= 0.6 is 0 Å². The molecule has 0 aromatic rings. The van der Waals surface area contributed by atoms with Crippen LogP contribution in [0.25, 0.3) is 0 Å². The quantitative estimate of drug-likeness (QED) is 0.675. The molecule has 0 atom stereocenters. The van der Waals surface area contributed by atoms with Gasteiger partial charge in [0.15, 0.2) is 0 Å². The second kappa shape index (κ2) is 5.14. The van der Waals surface area contributed by atoms with Gasteiger partial charge in [-0.1, -0.05) is 24.8 Å². The van der Waals surface area contributed by atoms with Crippen LogP contribution in [0.15, 0.2) is 23.2 Å². The second-order valence-corrected chi connectivity index (χ2v) is 5.31. The number of allylic oxidation sites excluding steroid dienone is 3. The summed E-state index contributed by atoms with van der Waals surface area (Å²) in [5, 5.41) is 8.96. The number of nitriles is 1. The number of methoxy groups -OCH3 is 1. The van der Waals surface area contributed by atoms with Gasteiger partial charge in [0.1, 0.15) is 7.85 Å². The molecule has 0 unspecified atom stereocenters. The standard InChI is InChI=1S/C13H19B2NO/c1-17-13(6-8-15(10-16)9-7-13)11-2-4-12(14)5-3-11/h2,4H,3,5-9,14H2,1H3. The minimum Gasteiger partial charge on any atom is -0.374 e. The molecular formula is C13H19B2NO. The van der Waals surface area contributed by atoms with Crippen molar-refractivity contribution >= 4 is 14.6 Å². The molecule has 0 N–H and O–H groups in total. The minimum atomic E-state index is -0.0788. The van der Waals surface area contributed by atoms with E-state index < -0.39 is 0 Å². The third-order valence-electron chi connectivity index (χ3n) is 4.31. The fourth-order valence-corrected chi connectivity index (χ4v) is 2.99. The molecule has 1 aliphatic carbocycles. The van der Waals surface area contributed by atoms with Crippen molar-refractivity contribution in [2.45, 2.75) is 43.9 Å². The molecule has 2 aliphatic rings. The fourth-order valence-electron chi connectivity index (χ4n) is 2.99. The molecule has 4 heteroatoms. The highest BCUT2D eigenvalue weighted by atomic mass is 16.5. The van der Waals surface area contributed by atoms with Crippen molar-refractivity contribution in [2.75, 3.05) is 7.11 Å². The summed E-state index contributed by atoms with van der Waals surface area (Å²) in [5.74, 6) is 2.39. The monoisotopic (exact) mass is 227 g/mol. The number of hydrogen-bond acceptors (Lipinski definition) is 2. The molecular weight excluding hydrogens is 208 g/mol. The molecule has 2 nitrogen and oxygen atoms in total. The van der Waals surface area contributed by atoms with Gasteiger partial charge in [0.2, 0.25) is 0 Å².